The number of aryl methyl sites for hydroxylation is 2. The minimum absolute atomic E-state index is 0.0832. The molecule has 102 valence electrons. The zero-order valence-corrected chi connectivity index (χ0v) is 11.8. The van der Waals surface area contributed by atoms with Gasteiger partial charge in [0.05, 0.1) is 11.3 Å². The monoisotopic (exact) mass is 261 g/mol. The summed E-state index contributed by atoms with van der Waals surface area (Å²) >= 11 is 0. The van der Waals surface area contributed by atoms with Crippen LogP contribution in [-0.2, 0) is 7.05 Å². The van der Waals surface area contributed by atoms with Gasteiger partial charge in [-0.25, -0.2) is 4.98 Å². The van der Waals surface area contributed by atoms with Crippen molar-refractivity contribution in [2.75, 3.05) is 18.8 Å². The fraction of sp³-hybridized carbons (Fsp3) is 0.462. The third-order valence-electron chi connectivity index (χ3n) is 3.31. The molecule has 0 aromatic carbocycles. The van der Waals surface area contributed by atoms with Crippen LogP contribution in [0.15, 0.2) is 6.07 Å². The Hall–Kier alpha value is -2.11. The van der Waals surface area contributed by atoms with E-state index >= 15 is 0 Å². The first-order valence-electron chi connectivity index (χ1n) is 6.38. The lowest BCUT2D eigenvalue weighted by molar-refractivity contribution is 0.0774. The molecule has 0 unspecified atom stereocenters. The molecule has 0 radical (unpaired) electrons. The molecule has 2 aromatic heterocycles. The number of nitrogens with zero attached hydrogens (tertiary/aromatic N) is 4. The van der Waals surface area contributed by atoms with Gasteiger partial charge in [0, 0.05) is 25.5 Å². The summed E-state index contributed by atoms with van der Waals surface area (Å²) in [5.41, 5.74) is 7.91. The fourth-order valence-electron chi connectivity index (χ4n) is 2.21. The minimum Gasteiger partial charge on any atom is -0.383 e. The van der Waals surface area contributed by atoms with Gasteiger partial charge >= 0.3 is 0 Å². The van der Waals surface area contributed by atoms with Gasteiger partial charge in [0.25, 0.3) is 5.91 Å². The van der Waals surface area contributed by atoms with E-state index in [0.29, 0.717) is 24.3 Å². The molecule has 0 bridgehead atoms. The normalized spacial score (nSPS) is 10.9. The molecule has 0 aliphatic rings. The fourth-order valence-corrected chi connectivity index (χ4v) is 2.21. The predicted molar refractivity (Wildman–Crippen MR) is 74.9 cm³/mol. The molecule has 0 spiro atoms. The molecule has 2 N–H and O–H groups in total. The molecule has 0 aliphatic carbocycles. The second kappa shape index (κ2) is 4.87. The number of hydrogen-bond acceptors (Lipinski definition) is 4. The first kappa shape index (κ1) is 13.3. The molecule has 1 amide bonds. The highest BCUT2D eigenvalue weighted by atomic mass is 16.2. The molecule has 6 heteroatoms. The lowest BCUT2D eigenvalue weighted by Gasteiger charge is -2.19. The van der Waals surface area contributed by atoms with Crippen molar-refractivity contribution in [3.63, 3.8) is 0 Å². The lowest BCUT2D eigenvalue weighted by Crippen LogP contribution is -2.31. The van der Waals surface area contributed by atoms with E-state index in [9.17, 15) is 4.79 Å². The topological polar surface area (TPSA) is 77.0 Å². The summed E-state index contributed by atoms with van der Waals surface area (Å²) in [6, 6.07) is 1.79. The van der Waals surface area contributed by atoms with Crippen LogP contribution in [0.1, 0.15) is 29.9 Å². The van der Waals surface area contributed by atoms with Gasteiger partial charge in [0.15, 0.2) is 5.65 Å². The summed E-state index contributed by atoms with van der Waals surface area (Å²) in [6.45, 7) is 7.08. The van der Waals surface area contributed by atoms with Crippen molar-refractivity contribution >= 4 is 22.8 Å². The van der Waals surface area contributed by atoms with Gasteiger partial charge in [-0.15, -0.1) is 0 Å². The van der Waals surface area contributed by atoms with Crippen LogP contribution in [0.3, 0.4) is 0 Å². The molecule has 0 saturated carbocycles. The van der Waals surface area contributed by atoms with Gasteiger partial charge in [-0.1, -0.05) is 0 Å². The van der Waals surface area contributed by atoms with Crippen LogP contribution >= 0.6 is 0 Å². The standard InChI is InChI=1S/C13H19N5O/c1-5-18(6-2)13(19)10-7-9-8(3)16-17(4)12(9)15-11(10)14/h7H,5-6H2,1-4H3,(H2,14,15). The Kier molecular flexibility index (Phi) is 3.42. The van der Waals surface area contributed by atoms with Gasteiger partial charge in [-0.2, -0.15) is 5.10 Å². The van der Waals surface area contributed by atoms with Crippen LogP contribution in [-0.4, -0.2) is 38.7 Å². The largest absolute Gasteiger partial charge is 0.383 e. The molecular formula is C13H19N5O. The van der Waals surface area contributed by atoms with E-state index in [0.717, 1.165) is 11.1 Å². The maximum Gasteiger partial charge on any atom is 0.257 e. The second-order valence-electron chi connectivity index (χ2n) is 4.48. The van der Waals surface area contributed by atoms with Gasteiger partial charge in [-0.05, 0) is 26.8 Å². The van der Waals surface area contributed by atoms with E-state index in [1.807, 2.05) is 27.8 Å². The molecule has 0 aliphatic heterocycles. The maximum absolute atomic E-state index is 12.4. The van der Waals surface area contributed by atoms with Crippen molar-refractivity contribution in [3.8, 4) is 0 Å². The van der Waals surface area contributed by atoms with Crippen molar-refractivity contribution in [3.05, 3.63) is 17.3 Å². The van der Waals surface area contributed by atoms with E-state index in [4.69, 9.17) is 5.73 Å². The first-order chi connectivity index (χ1) is 8.99. The SMILES string of the molecule is CCN(CC)C(=O)c1cc2c(C)nn(C)c2nc1N. The summed E-state index contributed by atoms with van der Waals surface area (Å²) in [6.07, 6.45) is 0. The summed E-state index contributed by atoms with van der Waals surface area (Å²) in [4.78, 5) is 18.4. The van der Waals surface area contributed by atoms with Crippen molar-refractivity contribution in [1.29, 1.82) is 0 Å². The molecular weight excluding hydrogens is 242 g/mol. The van der Waals surface area contributed by atoms with Crippen molar-refractivity contribution < 1.29 is 4.79 Å². The number of aromatic nitrogens is 3. The number of hydrogen-bond donors (Lipinski definition) is 1. The minimum atomic E-state index is -0.0832. The molecule has 19 heavy (non-hydrogen) atoms. The Bertz CT molecular complexity index is 627. The van der Waals surface area contributed by atoms with Crippen molar-refractivity contribution in [1.82, 2.24) is 19.7 Å². The Balaban J connectivity index is 2.58. The number of rotatable bonds is 3. The number of nitrogen functional groups attached to an aromatic ring is 1. The number of pyridine rings is 1. The number of nitrogens with two attached hydrogens (primary N) is 1. The molecule has 6 nitrogen and oxygen atoms in total. The number of amides is 1. The van der Waals surface area contributed by atoms with Crippen molar-refractivity contribution in [2.24, 2.45) is 7.05 Å². The summed E-state index contributed by atoms with van der Waals surface area (Å²) in [7, 11) is 1.81. The van der Waals surface area contributed by atoms with Gasteiger partial charge in [-0.3, -0.25) is 9.48 Å². The maximum atomic E-state index is 12.4. The number of carbonyl (C=O) groups is 1. The molecule has 2 aromatic rings. The summed E-state index contributed by atoms with van der Waals surface area (Å²) in [5, 5.41) is 5.16. The van der Waals surface area contributed by atoms with E-state index in [1.165, 1.54) is 0 Å². The van der Waals surface area contributed by atoms with E-state index < -0.39 is 0 Å². The quantitative estimate of drug-likeness (QED) is 0.904. The van der Waals surface area contributed by atoms with Gasteiger partial charge in [0.2, 0.25) is 0 Å². The number of fused-ring (bicyclic) bond motifs is 1. The molecule has 0 saturated heterocycles. The van der Waals surface area contributed by atoms with Crippen molar-refractivity contribution in [2.45, 2.75) is 20.8 Å². The number of anilines is 1. The predicted octanol–water partition coefficient (Wildman–Crippen LogP) is 1.34. The first-order valence-corrected chi connectivity index (χ1v) is 6.38. The average molecular weight is 261 g/mol. The van der Waals surface area contributed by atoms with Crippen LogP contribution in [0, 0.1) is 6.92 Å². The molecule has 2 rings (SSSR count). The zero-order chi connectivity index (χ0) is 14.2. The Morgan fingerprint density at radius 3 is 2.63 bits per heavy atom. The summed E-state index contributed by atoms with van der Waals surface area (Å²) < 4.78 is 1.67. The molecule has 2 heterocycles. The molecule has 0 atom stereocenters. The smallest absolute Gasteiger partial charge is 0.257 e. The van der Waals surface area contributed by atoms with E-state index in [1.54, 1.807) is 15.6 Å². The van der Waals surface area contributed by atoms with Gasteiger partial charge < -0.3 is 10.6 Å². The van der Waals surface area contributed by atoms with Crippen LogP contribution in [0.4, 0.5) is 5.82 Å². The van der Waals surface area contributed by atoms with E-state index in [2.05, 4.69) is 10.1 Å². The highest BCUT2D eigenvalue weighted by Gasteiger charge is 2.19. The van der Waals surface area contributed by atoms with Gasteiger partial charge in [0.1, 0.15) is 5.82 Å². The van der Waals surface area contributed by atoms with Crippen LogP contribution in [0.5, 0.6) is 0 Å². The zero-order valence-electron chi connectivity index (χ0n) is 11.8. The third kappa shape index (κ3) is 2.14. The number of carbonyl (C=O) groups excluding carboxylic acids is 1. The third-order valence-corrected chi connectivity index (χ3v) is 3.31. The Morgan fingerprint density at radius 1 is 1.42 bits per heavy atom. The Morgan fingerprint density at radius 2 is 2.05 bits per heavy atom. The van der Waals surface area contributed by atoms with Crippen LogP contribution in [0.25, 0.3) is 11.0 Å². The average Bonchev–Trinajstić information content (AvgIpc) is 2.65. The highest BCUT2D eigenvalue weighted by molar-refractivity contribution is 6.01. The second-order valence-corrected chi connectivity index (χ2v) is 4.48. The van der Waals surface area contributed by atoms with Crippen LogP contribution in [0.2, 0.25) is 0 Å². The van der Waals surface area contributed by atoms with Crippen LogP contribution < -0.4 is 5.73 Å². The highest BCUT2D eigenvalue weighted by Crippen LogP contribution is 2.22. The van der Waals surface area contributed by atoms with E-state index in [-0.39, 0.29) is 11.7 Å². The molecule has 0 fully saturated rings. The lowest BCUT2D eigenvalue weighted by atomic mass is 10.1. The summed E-state index contributed by atoms with van der Waals surface area (Å²) in [5.74, 6) is 0.174. The Labute approximate surface area is 112 Å².